The summed E-state index contributed by atoms with van der Waals surface area (Å²) in [6.07, 6.45) is 2.18. The maximum atomic E-state index is 13.3. The molecule has 0 aliphatic carbocycles. The van der Waals surface area contributed by atoms with E-state index in [-0.39, 0.29) is 19.8 Å². The van der Waals surface area contributed by atoms with E-state index in [4.69, 9.17) is 19.3 Å². The van der Waals surface area contributed by atoms with E-state index in [1.807, 2.05) is 6.92 Å². The normalized spacial score (nSPS) is 16.7. The number of carboxylic acid groups (broad SMARTS) is 1. The molecule has 0 saturated carbocycles. The number of rotatable bonds is 9. The summed E-state index contributed by atoms with van der Waals surface area (Å²) in [7, 11) is 0. The second-order valence-electron chi connectivity index (χ2n) is 7.95. The van der Waals surface area contributed by atoms with Crippen molar-refractivity contribution in [1.82, 2.24) is 4.90 Å². The first-order chi connectivity index (χ1) is 16.9. The highest BCUT2D eigenvalue weighted by Crippen LogP contribution is 2.34. The zero-order valence-corrected chi connectivity index (χ0v) is 19.0. The van der Waals surface area contributed by atoms with Gasteiger partial charge in [0.2, 0.25) is 18.6 Å². The van der Waals surface area contributed by atoms with E-state index in [0.717, 1.165) is 17.4 Å². The Morgan fingerprint density at radius 3 is 2.57 bits per heavy atom. The zero-order valence-electron chi connectivity index (χ0n) is 19.0. The van der Waals surface area contributed by atoms with Crippen LogP contribution in [0, 0.1) is 0 Å². The number of nitrogens with zero attached hydrogens (tertiary/aromatic N) is 2. The Morgan fingerprint density at radius 1 is 1.11 bits per heavy atom. The molecular weight excluding hydrogens is 456 g/mol. The lowest BCUT2D eigenvalue weighted by Crippen LogP contribution is -2.44. The van der Waals surface area contributed by atoms with Gasteiger partial charge in [-0.25, -0.2) is 9.69 Å². The van der Waals surface area contributed by atoms with Crippen molar-refractivity contribution in [3.63, 3.8) is 0 Å². The van der Waals surface area contributed by atoms with Crippen molar-refractivity contribution in [2.75, 3.05) is 18.3 Å². The number of anilines is 1. The number of fused-ring (bicyclic) bond motifs is 1. The van der Waals surface area contributed by atoms with Gasteiger partial charge in [-0.05, 0) is 48.4 Å². The van der Waals surface area contributed by atoms with Crippen LogP contribution >= 0.6 is 0 Å². The predicted molar refractivity (Wildman–Crippen MR) is 123 cm³/mol. The minimum absolute atomic E-state index is 0.0409. The van der Waals surface area contributed by atoms with Crippen molar-refractivity contribution < 1.29 is 38.5 Å². The van der Waals surface area contributed by atoms with Crippen LogP contribution in [0.25, 0.3) is 0 Å². The third kappa shape index (κ3) is 5.26. The van der Waals surface area contributed by atoms with Gasteiger partial charge in [-0.1, -0.05) is 13.0 Å². The maximum Gasteiger partial charge on any atom is 0.328 e. The van der Waals surface area contributed by atoms with Gasteiger partial charge in [-0.2, -0.15) is 0 Å². The van der Waals surface area contributed by atoms with E-state index in [1.54, 1.807) is 42.5 Å². The van der Waals surface area contributed by atoms with Gasteiger partial charge in [0.05, 0.1) is 18.7 Å². The first-order valence-corrected chi connectivity index (χ1v) is 11.1. The van der Waals surface area contributed by atoms with Crippen LogP contribution in [0.4, 0.5) is 5.69 Å². The van der Waals surface area contributed by atoms with E-state index < -0.39 is 29.7 Å². The van der Waals surface area contributed by atoms with Crippen molar-refractivity contribution in [3.8, 4) is 17.2 Å². The molecule has 1 N–H and O–H groups in total. The topological polar surface area (TPSA) is 123 Å². The van der Waals surface area contributed by atoms with Crippen LogP contribution in [0.1, 0.15) is 25.3 Å². The molecule has 2 aromatic rings. The first kappa shape index (κ1) is 23.8. The van der Waals surface area contributed by atoms with Crippen molar-refractivity contribution >= 4 is 29.4 Å². The third-order valence-corrected chi connectivity index (χ3v) is 5.51. The fourth-order valence-corrected chi connectivity index (χ4v) is 3.86. The molecule has 1 fully saturated rings. The van der Waals surface area contributed by atoms with Gasteiger partial charge >= 0.3 is 5.97 Å². The SMILES string of the molecule is CCCOc1ccc(N2C(=O)CC(N(Cc3ccc4c(c3)OCO4)C(=O)/C=C/C(=O)O)C2=O)cc1. The highest BCUT2D eigenvalue weighted by atomic mass is 16.7. The molecule has 182 valence electrons. The second kappa shape index (κ2) is 10.3. The Labute approximate surface area is 201 Å². The Hall–Kier alpha value is -4.34. The summed E-state index contributed by atoms with van der Waals surface area (Å²) in [4.78, 5) is 52.3. The van der Waals surface area contributed by atoms with Gasteiger partial charge in [0.25, 0.3) is 5.91 Å². The van der Waals surface area contributed by atoms with Crippen molar-refractivity contribution in [2.45, 2.75) is 32.4 Å². The lowest BCUT2D eigenvalue weighted by Gasteiger charge is -2.27. The van der Waals surface area contributed by atoms with Gasteiger partial charge in [-0.15, -0.1) is 0 Å². The van der Waals surface area contributed by atoms with Crippen LogP contribution in [0.5, 0.6) is 17.2 Å². The van der Waals surface area contributed by atoms with Crippen molar-refractivity contribution in [1.29, 1.82) is 0 Å². The second-order valence-corrected chi connectivity index (χ2v) is 7.95. The Morgan fingerprint density at radius 2 is 1.86 bits per heavy atom. The molecule has 1 unspecified atom stereocenters. The monoisotopic (exact) mass is 480 g/mol. The molecule has 2 aromatic carbocycles. The molecule has 0 bridgehead atoms. The molecule has 10 nitrogen and oxygen atoms in total. The number of benzene rings is 2. The van der Waals surface area contributed by atoms with E-state index in [2.05, 4.69) is 0 Å². The van der Waals surface area contributed by atoms with Gasteiger partial charge in [0.1, 0.15) is 11.8 Å². The number of carbonyl (C=O) groups excluding carboxylic acids is 3. The molecule has 2 heterocycles. The molecule has 2 aliphatic rings. The van der Waals surface area contributed by atoms with E-state index in [0.29, 0.717) is 41.2 Å². The van der Waals surface area contributed by atoms with E-state index >= 15 is 0 Å². The summed E-state index contributed by atoms with van der Waals surface area (Å²) in [5.41, 5.74) is 0.991. The lowest BCUT2D eigenvalue weighted by atomic mass is 10.1. The highest BCUT2D eigenvalue weighted by Gasteiger charge is 2.44. The number of hydrogen-bond acceptors (Lipinski definition) is 7. The first-order valence-electron chi connectivity index (χ1n) is 11.1. The van der Waals surface area contributed by atoms with Gasteiger partial charge in [0.15, 0.2) is 11.5 Å². The van der Waals surface area contributed by atoms with Crippen LogP contribution in [0.3, 0.4) is 0 Å². The van der Waals surface area contributed by atoms with Crippen molar-refractivity contribution in [2.24, 2.45) is 0 Å². The molecule has 4 rings (SSSR count). The molecule has 3 amide bonds. The minimum Gasteiger partial charge on any atom is -0.494 e. The van der Waals surface area contributed by atoms with Crippen LogP contribution < -0.4 is 19.1 Å². The number of hydrogen-bond donors (Lipinski definition) is 1. The standard InChI is InChI=1S/C25H24N2O8/c1-2-11-33-18-6-4-17(5-7-18)27-23(29)13-19(25(27)32)26(22(28)9-10-24(30)31)14-16-3-8-20-21(12-16)35-15-34-20/h3-10,12,19H,2,11,13-15H2,1H3,(H,30,31)/b10-9+. The number of ether oxygens (including phenoxy) is 3. The van der Waals surface area contributed by atoms with Gasteiger partial charge < -0.3 is 24.2 Å². The Kier molecular flexibility index (Phi) is 7.00. The number of carbonyl (C=O) groups is 4. The molecule has 35 heavy (non-hydrogen) atoms. The third-order valence-electron chi connectivity index (χ3n) is 5.51. The molecule has 0 spiro atoms. The fraction of sp³-hybridized carbons (Fsp3) is 0.280. The van der Waals surface area contributed by atoms with Crippen molar-refractivity contribution in [3.05, 3.63) is 60.2 Å². The Bertz CT molecular complexity index is 1170. The summed E-state index contributed by atoms with van der Waals surface area (Å²) in [6.45, 7) is 2.57. The highest BCUT2D eigenvalue weighted by molar-refractivity contribution is 6.23. The molecule has 10 heteroatoms. The number of aliphatic carboxylic acids is 1. The average Bonchev–Trinajstić information content (AvgIpc) is 3.43. The predicted octanol–water partition coefficient (Wildman–Crippen LogP) is 2.51. The van der Waals surface area contributed by atoms with E-state index in [9.17, 15) is 19.2 Å². The summed E-state index contributed by atoms with van der Waals surface area (Å²) in [6, 6.07) is 10.5. The number of carboxylic acids is 1. The largest absolute Gasteiger partial charge is 0.494 e. The minimum atomic E-state index is -1.30. The molecule has 1 atom stereocenters. The molecule has 0 aromatic heterocycles. The van der Waals surface area contributed by atoms with Gasteiger partial charge in [0, 0.05) is 18.7 Å². The quantitative estimate of drug-likeness (QED) is 0.429. The number of amides is 3. The number of imide groups is 1. The Balaban J connectivity index is 1.59. The summed E-state index contributed by atoms with van der Waals surface area (Å²) < 4.78 is 16.2. The maximum absolute atomic E-state index is 13.3. The van der Waals surface area contributed by atoms with E-state index in [1.165, 1.54) is 4.90 Å². The summed E-state index contributed by atoms with van der Waals surface area (Å²) in [5, 5.41) is 8.94. The fourth-order valence-electron chi connectivity index (χ4n) is 3.86. The molecule has 0 radical (unpaired) electrons. The van der Waals surface area contributed by atoms with Crippen LogP contribution in [0.15, 0.2) is 54.6 Å². The molecule has 2 aliphatic heterocycles. The zero-order chi connectivity index (χ0) is 24.9. The van der Waals surface area contributed by atoms with Crippen LogP contribution in [0.2, 0.25) is 0 Å². The average molecular weight is 480 g/mol. The lowest BCUT2D eigenvalue weighted by molar-refractivity contribution is -0.135. The molecular formula is C25H24N2O8. The smallest absolute Gasteiger partial charge is 0.328 e. The van der Waals surface area contributed by atoms with Crippen LogP contribution in [-0.2, 0) is 25.7 Å². The van der Waals surface area contributed by atoms with Crippen LogP contribution in [-0.4, -0.2) is 53.1 Å². The molecule has 1 saturated heterocycles. The van der Waals surface area contributed by atoms with Gasteiger partial charge in [-0.3, -0.25) is 14.4 Å². The summed E-state index contributed by atoms with van der Waals surface area (Å²) >= 11 is 0. The summed E-state index contributed by atoms with van der Waals surface area (Å²) in [5.74, 6) is -1.38.